The summed E-state index contributed by atoms with van der Waals surface area (Å²) in [6.07, 6.45) is 3.18. The largest absolute Gasteiger partial charge is 0.379 e. The number of amides is 1. The first-order chi connectivity index (χ1) is 11.1. The van der Waals surface area contributed by atoms with Crippen molar-refractivity contribution in [3.63, 3.8) is 0 Å². The highest BCUT2D eigenvalue weighted by molar-refractivity contribution is 7.17. The number of fused-ring (bicyclic) bond motifs is 3. The van der Waals surface area contributed by atoms with Crippen molar-refractivity contribution in [2.75, 3.05) is 13.2 Å². The summed E-state index contributed by atoms with van der Waals surface area (Å²) in [5.41, 5.74) is 3.99. The van der Waals surface area contributed by atoms with Gasteiger partial charge in [0.1, 0.15) is 0 Å². The van der Waals surface area contributed by atoms with Crippen LogP contribution in [0.1, 0.15) is 41.1 Å². The SMILES string of the molecule is CC(C)OCCCNC(=O)c1cc2c(s1)-c1ccccc1CC2. The number of rotatable bonds is 6. The van der Waals surface area contributed by atoms with Crippen LogP contribution in [0.2, 0.25) is 0 Å². The Morgan fingerprint density at radius 3 is 2.87 bits per heavy atom. The monoisotopic (exact) mass is 329 g/mol. The van der Waals surface area contributed by atoms with E-state index in [9.17, 15) is 4.79 Å². The lowest BCUT2D eigenvalue weighted by Gasteiger charge is -2.15. The van der Waals surface area contributed by atoms with Gasteiger partial charge in [-0.1, -0.05) is 24.3 Å². The molecule has 0 saturated carbocycles. The van der Waals surface area contributed by atoms with Crippen LogP contribution in [-0.4, -0.2) is 25.2 Å². The van der Waals surface area contributed by atoms with Gasteiger partial charge in [0.2, 0.25) is 0 Å². The molecular formula is C19H23NO2S. The Labute approximate surface area is 141 Å². The molecule has 1 N–H and O–H groups in total. The van der Waals surface area contributed by atoms with Crippen LogP contribution in [0.4, 0.5) is 0 Å². The second-order valence-corrected chi connectivity index (χ2v) is 7.20. The molecule has 0 radical (unpaired) electrons. The number of thiophene rings is 1. The molecule has 1 heterocycles. The third-order valence-corrected chi connectivity index (χ3v) is 5.23. The highest BCUT2D eigenvalue weighted by Crippen LogP contribution is 2.39. The van der Waals surface area contributed by atoms with Crippen LogP contribution in [0.15, 0.2) is 30.3 Å². The molecule has 1 aliphatic carbocycles. The minimum Gasteiger partial charge on any atom is -0.379 e. The summed E-state index contributed by atoms with van der Waals surface area (Å²) < 4.78 is 5.49. The van der Waals surface area contributed by atoms with E-state index in [4.69, 9.17) is 4.74 Å². The standard InChI is InChI=1S/C19H23NO2S/c1-13(2)22-11-5-10-20-19(21)17-12-15-9-8-14-6-3-4-7-16(14)18(15)23-17/h3-4,6-7,12-13H,5,8-11H2,1-2H3,(H,20,21). The van der Waals surface area contributed by atoms with E-state index in [1.807, 2.05) is 13.8 Å². The first-order valence-electron chi connectivity index (χ1n) is 8.26. The maximum Gasteiger partial charge on any atom is 0.261 e. The Bertz CT molecular complexity index is 690. The normalized spacial score (nSPS) is 12.8. The molecule has 1 amide bonds. The summed E-state index contributed by atoms with van der Waals surface area (Å²) in [6.45, 7) is 5.39. The van der Waals surface area contributed by atoms with Crippen LogP contribution in [0.25, 0.3) is 10.4 Å². The fraction of sp³-hybridized carbons (Fsp3) is 0.421. The number of ether oxygens (including phenoxy) is 1. The van der Waals surface area contributed by atoms with Crippen molar-refractivity contribution in [2.24, 2.45) is 0 Å². The van der Waals surface area contributed by atoms with Gasteiger partial charge in [0.15, 0.2) is 0 Å². The number of carbonyl (C=O) groups excluding carboxylic acids is 1. The predicted octanol–water partition coefficient (Wildman–Crippen LogP) is 4.06. The highest BCUT2D eigenvalue weighted by atomic mass is 32.1. The first-order valence-corrected chi connectivity index (χ1v) is 9.07. The van der Waals surface area contributed by atoms with Gasteiger partial charge in [-0.2, -0.15) is 0 Å². The number of carbonyl (C=O) groups is 1. The summed E-state index contributed by atoms with van der Waals surface area (Å²) in [4.78, 5) is 14.4. The van der Waals surface area contributed by atoms with Crippen molar-refractivity contribution in [1.29, 1.82) is 0 Å². The van der Waals surface area contributed by atoms with Gasteiger partial charge in [-0.15, -0.1) is 11.3 Å². The number of nitrogens with one attached hydrogen (secondary N) is 1. The lowest BCUT2D eigenvalue weighted by molar-refractivity contribution is 0.0757. The molecule has 0 unspecified atom stereocenters. The first kappa shape index (κ1) is 16.2. The molecule has 4 heteroatoms. The average molecular weight is 329 g/mol. The summed E-state index contributed by atoms with van der Waals surface area (Å²) >= 11 is 1.61. The second kappa shape index (κ2) is 7.28. The smallest absolute Gasteiger partial charge is 0.261 e. The molecule has 0 fully saturated rings. The van der Waals surface area contributed by atoms with Gasteiger partial charge in [0.05, 0.1) is 11.0 Å². The van der Waals surface area contributed by atoms with Gasteiger partial charge in [-0.3, -0.25) is 4.79 Å². The number of benzene rings is 1. The van der Waals surface area contributed by atoms with Gasteiger partial charge in [0, 0.05) is 18.0 Å². The Morgan fingerprint density at radius 1 is 1.26 bits per heavy atom. The molecule has 1 aromatic carbocycles. The Morgan fingerprint density at radius 2 is 2.04 bits per heavy atom. The van der Waals surface area contributed by atoms with Gasteiger partial charge < -0.3 is 10.1 Å². The fourth-order valence-corrected chi connectivity index (χ4v) is 4.05. The van der Waals surface area contributed by atoms with E-state index >= 15 is 0 Å². The van der Waals surface area contributed by atoms with Crippen molar-refractivity contribution in [1.82, 2.24) is 5.32 Å². The quantitative estimate of drug-likeness (QED) is 0.812. The van der Waals surface area contributed by atoms with E-state index in [2.05, 4.69) is 35.6 Å². The summed E-state index contributed by atoms with van der Waals surface area (Å²) in [5.74, 6) is 0.0337. The maximum absolute atomic E-state index is 12.3. The van der Waals surface area contributed by atoms with E-state index in [0.717, 1.165) is 24.1 Å². The van der Waals surface area contributed by atoms with Crippen LogP contribution in [0, 0.1) is 0 Å². The molecule has 3 nitrogen and oxygen atoms in total. The van der Waals surface area contributed by atoms with Crippen LogP contribution < -0.4 is 5.32 Å². The molecule has 23 heavy (non-hydrogen) atoms. The van der Waals surface area contributed by atoms with E-state index in [1.54, 1.807) is 11.3 Å². The van der Waals surface area contributed by atoms with Crippen molar-refractivity contribution in [3.05, 3.63) is 46.3 Å². The predicted molar refractivity (Wildman–Crippen MR) is 95.2 cm³/mol. The molecule has 0 saturated heterocycles. The summed E-state index contributed by atoms with van der Waals surface area (Å²) in [6, 6.07) is 10.6. The van der Waals surface area contributed by atoms with E-state index < -0.39 is 0 Å². The zero-order valence-corrected chi connectivity index (χ0v) is 14.5. The van der Waals surface area contributed by atoms with Crippen molar-refractivity contribution < 1.29 is 9.53 Å². The molecular weight excluding hydrogens is 306 g/mol. The molecule has 0 bridgehead atoms. The zero-order valence-electron chi connectivity index (χ0n) is 13.7. The van der Waals surface area contributed by atoms with Crippen molar-refractivity contribution >= 4 is 17.2 Å². The minimum absolute atomic E-state index is 0.0337. The van der Waals surface area contributed by atoms with Crippen molar-refractivity contribution in [2.45, 2.75) is 39.2 Å². The summed E-state index contributed by atoms with van der Waals surface area (Å²) in [5, 5.41) is 3.00. The topological polar surface area (TPSA) is 38.3 Å². The molecule has 2 aromatic rings. The fourth-order valence-electron chi connectivity index (χ4n) is 2.86. The Kier molecular flexibility index (Phi) is 5.13. The average Bonchev–Trinajstić information content (AvgIpc) is 2.99. The van der Waals surface area contributed by atoms with E-state index in [0.29, 0.717) is 13.2 Å². The Balaban J connectivity index is 1.62. The van der Waals surface area contributed by atoms with Crippen LogP contribution in [0.5, 0.6) is 0 Å². The Hall–Kier alpha value is -1.65. The molecule has 1 aliphatic rings. The second-order valence-electron chi connectivity index (χ2n) is 6.15. The third-order valence-electron chi connectivity index (χ3n) is 4.02. The van der Waals surface area contributed by atoms with Crippen molar-refractivity contribution in [3.8, 4) is 10.4 Å². The number of hydrogen-bond donors (Lipinski definition) is 1. The molecule has 3 rings (SSSR count). The maximum atomic E-state index is 12.3. The van der Waals surface area contributed by atoms with Gasteiger partial charge in [0.25, 0.3) is 5.91 Å². The van der Waals surface area contributed by atoms with E-state index in [1.165, 1.54) is 21.6 Å². The molecule has 0 atom stereocenters. The van der Waals surface area contributed by atoms with Gasteiger partial charge in [-0.25, -0.2) is 0 Å². The van der Waals surface area contributed by atoms with E-state index in [-0.39, 0.29) is 12.0 Å². The van der Waals surface area contributed by atoms with Gasteiger partial charge >= 0.3 is 0 Å². The van der Waals surface area contributed by atoms with Crippen LogP contribution in [0.3, 0.4) is 0 Å². The van der Waals surface area contributed by atoms with Crippen LogP contribution >= 0.6 is 11.3 Å². The lowest BCUT2D eigenvalue weighted by atomic mass is 9.91. The molecule has 0 spiro atoms. The highest BCUT2D eigenvalue weighted by Gasteiger charge is 2.21. The summed E-state index contributed by atoms with van der Waals surface area (Å²) in [7, 11) is 0. The zero-order chi connectivity index (χ0) is 16.2. The number of hydrogen-bond acceptors (Lipinski definition) is 3. The molecule has 0 aliphatic heterocycles. The number of aryl methyl sites for hydroxylation is 2. The van der Waals surface area contributed by atoms with Crippen LogP contribution in [-0.2, 0) is 17.6 Å². The molecule has 122 valence electrons. The minimum atomic E-state index is 0.0337. The lowest BCUT2D eigenvalue weighted by Crippen LogP contribution is -2.24. The molecule has 1 aromatic heterocycles. The van der Waals surface area contributed by atoms with Gasteiger partial charge in [-0.05, 0) is 55.9 Å². The third kappa shape index (κ3) is 3.82.